The van der Waals surface area contributed by atoms with Crippen LogP contribution in [0.15, 0.2) is 40.2 Å². The molecule has 1 unspecified atom stereocenters. The maximum atomic E-state index is 12.4. The van der Waals surface area contributed by atoms with Gasteiger partial charge < -0.3 is 19.9 Å². The van der Waals surface area contributed by atoms with Crippen molar-refractivity contribution in [1.82, 2.24) is 15.1 Å². The number of hydrogen-bond donors (Lipinski definition) is 1. The van der Waals surface area contributed by atoms with Gasteiger partial charge in [-0.1, -0.05) is 12.1 Å². The summed E-state index contributed by atoms with van der Waals surface area (Å²) in [6, 6.07) is 11.9. The number of urea groups is 1. The van der Waals surface area contributed by atoms with Gasteiger partial charge in [0.15, 0.2) is 0 Å². The largest absolute Gasteiger partial charge is 0.497 e. The predicted molar refractivity (Wildman–Crippen MR) is 106 cm³/mol. The molecule has 0 aliphatic rings. The molecular formula is C18H24BrN3O2S. The molecule has 1 N–H and O–H groups in total. The van der Waals surface area contributed by atoms with E-state index in [0.29, 0.717) is 13.1 Å². The van der Waals surface area contributed by atoms with Crippen LogP contribution in [0.25, 0.3) is 0 Å². The van der Waals surface area contributed by atoms with Crippen LogP contribution in [0.1, 0.15) is 16.5 Å². The van der Waals surface area contributed by atoms with Gasteiger partial charge in [-0.15, -0.1) is 11.3 Å². The van der Waals surface area contributed by atoms with E-state index < -0.39 is 0 Å². The van der Waals surface area contributed by atoms with Crippen LogP contribution in [-0.2, 0) is 6.54 Å². The average Bonchev–Trinajstić information content (AvgIpc) is 2.99. The van der Waals surface area contributed by atoms with Crippen LogP contribution in [0.3, 0.4) is 0 Å². The topological polar surface area (TPSA) is 44.8 Å². The van der Waals surface area contributed by atoms with E-state index in [-0.39, 0.29) is 12.1 Å². The maximum Gasteiger partial charge on any atom is 0.317 e. The van der Waals surface area contributed by atoms with Crippen LogP contribution in [0.4, 0.5) is 4.79 Å². The number of carbonyl (C=O) groups is 1. The SMILES string of the molecule is COc1cccc(C(CNC(=O)N(C)Cc2ccc(Br)s2)N(C)C)c1. The molecule has 1 aromatic carbocycles. The molecule has 0 fully saturated rings. The Labute approximate surface area is 161 Å². The summed E-state index contributed by atoms with van der Waals surface area (Å²) in [5.74, 6) is 0.816. The minimum atomic E-state index is -0.0840. The van der Waals surface area contributed by atoms with Crippen molar-refractivity contribution in [2.45, 2.75) is 12.6 Å². The second-order valence-electron chi connectivity index (χ2n) is 6.00. The molecular weight excluding hydrogens is 402 g/mol. The number of methoxy groups -OCH3 is 1. The van der Waals surface area contributed by atoms with Gasteiger partial charge >= 0.3 is 6.03 Å². The van der Waals surface area contributed by atoms with Gasteiger partial charge in [0.05, 0.1) is 23.5 Å². The highest BCUT2D eigenvalue weighted by Gasteiger charge is 2.17. The van der Waals surface area contributed by atoms with Gasteiger partial charge in [0.25, 0.3) is 0 Å². The molecule has 1 heterocycles. The molecule has 136 valence electrons. The van der Waals surface area contributed by atoms with Crippen molar-refractivity contribution < 1.29 is 9.53 Å². The first-order valence-corrected chi connectivity index (χ1v) is 9.55. The Morgan fingerprint density at radius 3 is 2.64 bits per heavy atom. The number of nitrogens with zero attached hydrogens (tertiary/aromatic N) is 2. The minimum absolute atomic E-state index is 0.0725. The van der Waals surface area contributed by atoms with E-state index in [1.165, 1.54) is 0 Å². The second-order valence-corrected chi connectivity index (χ2v) is 8.55. The number of amides is 2. The Morgan fingerprint density at radius 1 is 1.28 bits per heavy atom. The zero-order chi connectivity index (χ0) is 18.4. The molecule has 2 amide bonds. The number of rotatable bonds is 7. The van der Waals surface area contributed by atoms with Crippen molar-refractivity contribution in [2.24, 2.45) is 0 Å². The number of carbonyl (C=O) groups excluding carboxylic acids is 1. The Kier molecular flexibility index (Phi) is 7.28. The first kappa shape index (κ1) is 19.8. The third-order valence-electron chi connectivity index (χ3n) is 3.92. The highest BCUT2D eigenvalue weighted by Crippen LogP contribution is 2.24. The van der Waals surface area contributed by atoms with Crippen molar-refractivity contribution in [1.29, 1.82) is 0 Å². The molecule has 5 nitrogen and oxygen atoms in total. The first-order valence-electron chi connectivity index (χ1n) is 7.94. The molecule has 0 aliphatic heterocycles. The van der Waals surface area contributed by atoms with E-state index in [1.54, 1.807) is 30.4 Å². The fourth-order valence-electron chi connectivity index (χ4n) is 2.51. The van der Waals surface area contributed by atoms with Gasteiger partial charge in [0.1, 0.15) is 5.75 Å². The molecule has 0 saturated carbocycles. The Hall–Kier alpha value is -1.57. The molecule has 0 saturated heterocycles. The van der Waals surface area contributed by atoms with Crippen LogP contribution in [0.5, 0.6) is 5.75 Å². The fraction of sp³-hybridized carbons (Fsp3) is 0.389. The fourth-order valence-corrected chi connectivity index (χ4v) is 4.05. The van der Waals surface area contributed by atoms with E-state index in [2.05, 4.69) is 26.1 Å². The quantitative estimate of drug-likeness (QED) is 0.729. The number of hydrogen-bond acceptors (Lipinski definition) is 4. The summed E-state index contributed by atoms with van der Waals surface area (Å²) in [5, 5.41) is 3.02. The van der Waals surface area contributed by atoms with E-state index in [9.17, 15) is 4.79 Å². The van der Waals surface area contributed by atoms with Crippen molar-refractivity contribution in [2.75, 3.05) is 34.8 Å². The summed E-state index contributed by atoms with van der Waals surface area (Å²) in [4.78, 5) is 17.3. The smallest absolute Gasteiger partial charge is 0.317 e. The zero-order valence-electron chi connectivity index (χ0n) is 15.0. The number of ether oxygens (including phenoxy) is 1. The van der Waals surface area contributed by atoms with E-state index in [0.717, 1.165) is 20.0 Å². The van der Waals surface area contributed by atoms with Crippen LogP contribution >= 0.6 is 27.3 Å². The minimum Gasteiger partial charge on any atom is -0.497 e. The standard InChI is InChI=1S/C18H24BrN3O2S/c1-21(2)16(13-6-5-7-14(10-13)24-4)11-20-18(23)22(3)12-15-8-9-17(19)25-15/h5-10,16H,11-12H2,1-4H3,(H,20,23). The molecule has 25 heavy (non-hydrogen) atoms. The van der Waals surface area contributed by atoms with Crippen molar-refractivity contribution in [3.05, 3.63) is 50.6 Å². The summed E-state index contributed by atoms with van der Waals surface area (Å²) in [6.45, 7) is 1.12. The summed E-state index contributed by atoms with van der Waals surface area (Å²) < 4.78 is 6.37. The lowest BCUT2D eigenvalue weighted by Gasteiger charge is -2.26. The average molecular weight is 426 g/mol. The summed E-state index contributed by atoms with van der Waals surface area (Å²) in [6.07, 6.45) is 0. The van der Waals surface area contributed by atoms with Crippen LogP contribution < -0.4 is 10.1 Å². The van der Waals surface area contributed by atoms with E-state index >= 15 is 0 Å². The molecule has 1 aromatic heterocycles. The molecule has 0 aliphatic carbocycles. The predicted octanol–water partition coefficient (Wildman–Crippen LogP) is 3.96. The van der Waals surface area contributed by atoms with E-state index in [4.69, 9.17) is 4.74 Å². The summed E-state index contributed by atoms with van der Waals surface area (Å²) in [7, 11) is 7.47. The van der Waals surface area contributed by atoms with Gasteiger partial charge in [0.2, 0.25) is 0 Å². The molecule has 0 radical (unpaired) electrons. The lowest BCUT2D eigenvalue weighted by molar-refractivity contribution is 0.201. The third-order valence-corrected chi connectivity index (χ3v) is 5.53. The number of nitrogens with one attached hydrogen (secondary N) is 1. The van der Waals surface area contributed by atoms with Crippen molar-refractivity contribution in [3.8, 4) is 5.75 Å². The number of halogens is 1. The third kappa shape index (κ3) is 5.73. The van der Waals surface area contributed by atoms with Gasteiger partial charge in [-0.3, -0.25) is 0 Å². The lowest BCUT2D eigenvalue weighted by atomic mass is 10.1. The molecule has 2 aromatic rings. The van der Waals surface area contributed by atoms with Gasteiger partial charge in [-0.2, -0.15) is 0 Å². The van der Waals surface area contributed by atoms with Gasteiger partial charge in [-0.05, 0) is 59.9 Å². The van der Waals surface area contributed by atoms with Crippen molar-refractivity contribution in [3.63, 3.8) is 0 Å². The second kappa shape index (κ2) is 9.22. The highest BCUT2D eigenvalue weighted by atomic mass is 79.9. The highest BCUT2D eigenvalue weighted by molar-refractivity contribution is 9.11. The number of likely N-dealkylation sites (N-methyl/N-ethyl adjacent to an activating group) is 1. The Balaban J connectivity index is 1.96. The monoisotopic (exact) mass is 425 g/mol. The lowest BCUT2D eigenvalue weighted by Crippen LogP contribution is -2.41. The zero-order valence-corrected chi connectivity index (χ0v) is 17.4. The molecule has 0 bridgehead atoms. The van der Waals surface area contributed by atoms with Gasteiger partial charge in [0, 0.05) is 18.5 Å². The van der Waals surface area contributed by atoms with Crippen LogP contribution in [-0.4, -0.2) is 50.6 Å². The van der Waals surface area contributed by atoms with Gasteiger partial charge in [-0.25, -0.2) is 4.79 Å². The molecule has 7 heteroatoms. The van der Waals surface area contributed by atoms with Crippen LogP contribution in [0.2, 0.25) is 0 Å². The first-order chi connectivity index (χ1) is 11.9. The Bertz CT molecular complexity index is 705. The van der Waals surface area contributed by atoms with Crippen LogP contribution in [0, 0.1) is 0 Å². The number of thiophene rings is 1. The molecule has 0 spiro atoms. The van der Waals surface area contributed by atoms with Crippen molar-refractivity contribution >= 4 is 33.3 Å². The molecule has 2 rings (SSSR count). The van der Waals surface area contributed by atoms with E-state index in [1.807, 2.05) is 50.5 Å². The maximum absolute atomic E-state index is 12.4. The Morgan fingerprint density at radius 2 is 2.04 bits per heavy atom. The normalized spacial score (nSPS) is 12.1. The summed E-state index contributed by atoms with van der Waals surface area (Å²) >= 11 is 5.08. The number of benzene rings is 1. The molecule has 1 atom stereocenters. The summed E-state index contributed by atoms with van der Waals surface area (Å²) in [5.41, 5.74) is 1.11.